The molecule has 0 saturated carbocycles. The van der Waals surface area contributed by atoms with E-state index in [9.17, 15) is 0 Å². The molecule has 0 aliphatic rings. The summed E-state index contributed by atoms with van der Waals surface area (Å²) in [5, 5.41) is 0. The first-order valence-electron chi connectivity index (χ1n) is 5.49. The lowest BCUT2D eigenvalue weighted by Crippen LogP contribution is -1.95. The highest BCUT2D eigenvalue weighted by Gasteiger charge is 2.06. The molecule has 0 aliphatic carbocycles. The van der Waals surface area contributed by atoms with Crippen LogP contribution in [0.3, 0.4) is 0 Å². The van der Waals surface area contributed by atoms with Gasteiger partial charge in [-0.1, -0.05) is 13.0 Å². The van der Waals surface area contributed by atoms with Crippen molar-refractivity contribution >= 4 is 5.69 Å². The van der Waals surface area contributed by atoms with Gasteiger partial charge in [-0.15, -0.1) is 0 Å². The number of ether oxygens (including phenoxy) is 1. The molecular weight excluding hydrogens is 214 g/mol. The molecule has 88 valence electrons. The van der Waals surface area contributed by atoms with Gasteiger partial charge in [0, 0.05) is 17.3 Å². The fourth-order valence-electron chi connectivity index (χ4n) is 1.64. The number of hydrogen-bond donors (Lipinski definition) is 1. The summed E-state index contributed by atoms with van der Waals surface area (Å²) in [5.41, 5.74) is 9.61. The second-order valence-electron chi connectivity index (χ2n) is 3.72. The number of rotatable bonds is 3. The van der Waals surface area contributed by atoms with Crippen molar-refractivity contribution in [3.63, 3.8) is 0 Å². The third kappa shape index (κ3) is 2.36. The Morgan fingerprint density at radius 1 is 1.24 bits per heavy atom. The Hall–Kier alpha value is -2.10. The van der Waals surface area contributed by atoms with Crippen molar-refractivity contribution in [3.05, 3.63) is 36.2 Å². The van der Waals surface area contributed by atoms with E-state index in [0.717, 1.165) is 17.7 Å². The SMILES string of the molecule is CCc1ccc(N)c(-c2cc(OC)ncn2)c1. The molecule has 1 heterocycles. The quantitative estimate of drug-likeness (QED) is 0.820. The summed E-state index contributed by atoms with van der Waals surface area (Å²) in [6, 6.07) is 7.77. The largest absolute Gasteiger partial charge is 0.481 e. The summed E-state index contributed by atoms with van der Waals surface area (Å²) in [7, 11) is 1.58. The molecule has 0 fully saturated rings. The first kappa shape index (κ1) is 11.4. The molecule has 17 heavy (non-hydrogen) atoms. The van der Waals surface area contributed by atoms with Gasteiger partial charge in [-0.2, -0.15) is 0 Å². The lowest BCUT2D eigenvalue weighted by atomic mass is 10.0. The van der Waals surface area contributed by atoms with Crippen LogP contribution in [0.5, 0.6) is 5.88 Å². The monoisotopic (exact) mass is 229 g/mol. The van der Waals surface area contributed by atoms with Crippen molar-refractivity contribution in [2.24, 2.45) is 0 Å². The molecule has 2 rings (SSSR count). The highest BCUT2D eigenvalue weighted by atomic mass is 16.5. The van der Waals surface area contributed by atoms with Gasteiger partial charge < -0.3 is 10.5 Å². The van der Waals surface area contributed by atoms with Gasteiger partial charge in [-0.25, -0.2) is 9.97 Å². The number of nitrogen functional groups attached to an aromatic ring is 1. The maximum absolute atomic E-state index is 5.97. The minimum absolute atomic E-state index is 0.538. The van der Waals surface area contributed by atoms with Crippen LogP contribution in [0.4, 0.5) is 5.69 Å². The van der Waals surface area contributed by atoms with Crippen molar-refractivity contribution in [1.82, 2.24) is 9.97 Å². The molecular formula is C13H15N3O. The Balaban J connectivity index is 2.50. The Bertz CT molecular complexity index is 526. The Labute approximate surface area is 100 Å². The Morgan fingerprint density at radius 2 is 2.06 bits per heavy atom. The van der Waals surface area contributed by atoms with Crippen LogP contribution in [0.2, 0.25) is 0 Å². The Morgan fingerprint density at radius 3 is 2.76 bits per heavy atom. The minimum atomic E-state index is 0.538. The standard InChI is InChI=1S/C13H15N3O/c1-3-9-4-5-11(14)10(6-9)12-7-13(17-2)16-8-15-12/h4-8H,3,14H2,1-2H3. The average Bonchev–Trinajstić information content (AvgIpc) is 2.39. The molecule has 2 N–H and O–H groups in total. The molecule has 4 heteroatoms. The van der Waals surface area contributed by atoms with Gasteiger partial charge in [0.25, 0.3) is 0 Å². The van der Waals surface area contributed by atoms with Crippen LogP contribution in [0.15, 0.2) is 30.6 Å². The van der Waals surface area contributed by atoms with E-state index in [1.54, 1.807) is 13.2 Å². The first-order chi connectivity index (χ1) is 8.24. The number of nitrogens with two attached hydrogens (primary N) is 1. The van der Waals surface area contributed by atoms with Gasteiger partial charge in [0.1, 0.15) is 6.33 Å². The number of aryl methyl sites for hydroxylation is 1. The van der Waals surface area contributed by atoms with Crippen molar-refractivity contribution in [3.8, 4) is 17.1 Å². The number of aromatic nitrogens is 2. The van der Waals surface area contributed by atoms with Crippen LogP contribution >= 0.6 is 0 Å². The third-order valence-electron chi connectivity index (χ3n) is 2.65. The molecule has 0 radical (unpaired) electrons. The number of hydrogen-bond acceptors (Lipinski definition) is 4. The van der Waals surface area contributed by atoms with E-state index >= 15 is 0 Å². The molecule has 0 atom stereocenters. The van der Waals surface area contributed by atoms with Gasteiger partial charge in [0.05, 0.1) is 12.8 Å². The molecule has 0 unspecified atom stereocenters. The van der Waals surface area contributed by atoms with Crippen molar-refractivity contribution in [2.75, 3.05) is 12.8 Å². The normalized spacial score (nSPS) is 10.2. The van der Waals surface area contributed by atoms with Gasteiger partial charge >= 0.3 is 0 Å². The zero-order chi connectivity index (χ0) is 12.3. The van der Waals surface area contributed by atoms with E-state index in [4.69, 9.17) is 10.5 Å². The van der Waals surface area contributed by atoms with Crippen LogP contribution in [0.1, 0.15) is 12.5 Å². The highest BCUT2D eigenvalue weighted by molar-refractivity contribution is 5.74. The van der Waals surface area contributed by atoms with Crippen molar-refractivity contribution in [1.29, 1.82) is 0 Å². The fourth-order valence-corrected chi connectivity index (χ4v) is 1.64. The topological polar surface area (TPSA) is 61.0 Å². The summed E-state index contributed by atoms with van der Waals surface area (Å²) < 4.78 is 5.08. The molecule has 1 aromatic carbocycles. The molecule has 0 saturated heterocycles. The van der Waals surface area contributed by atoms with Gasteiger partial charge in [-0.3, -0.25) is 0 Å². The first-order valence-corrected chi connectivity index (χ1v) is 5.49. The zero-order valence-electron chi connectivity index (χ0n) is 9.97. The molecule has 0 amide bonds. The second kappa shape index (κ2) is 4.82. The summed E-state index contributed by atoms with van der Waals surface area (Å²) in [6.07, 6.45) is 2.45. The molecule has 4 nitrogen and oxygen atoms in total. The molecule has 0 spiro atoms. The number of methoxy groups -OCH3 is 1. The number of benzene rings is 1. The second-order valence-corrected chi connectivity index (χ2v) is 3.72. The van der Waals surface area contributed by atoms with E-state index in [0.29, 0.717) is 11.6 Å². The summed E-state index contributed by atoms with van der Waals surface area (Å²) in [6.45, 7) is 2.11. The minimum Gasteiger partial charge on any atom is -0.481 e. The van der Waals surface area contributed by atoms with Crippen LogP contribution in [-0.2, 0) is 6.42 Å². The van der Waals surface area contributed by atoms with Crippen molar-refractivity contribution in [2.45, 2.75) is 13.3 Å². The summed E-state index contributed by atoms with van der Waals surface area (Å²) >= 11 is 0. The third-order valence-corrected chi connectivity index (χ3v) is 2.65. The summed E-state index contributed by atoms with van der Waals surface area (Å²) in [5.74, 6) is 0.538. The van der Waals surface area contributed by atoms with Crippen LogP contribution in [-0.4, -0.2) is 17.1 Å². The predicted molar refractivity (Wildman–Crippen MR) is 67.8 cm³/mol. The van der Waals surface area contributed by atoms with Crippen LogP contribution in [0.25, 0.3) is 11.3 Å². The smallest absolute Gasteiger partial charge is 0.216 e. The maximum atomic E-state index is 5.97. The van der Waals surface area contributed by atoms with E-state index in [2.05, 4.69) is 23.0 Å². The van der Waals surface area contributed by atoms with E-state index in [1.165, 1.54) is 11.9 Å². The summed E-state index contributed by atoms with van der Waals surface area (Å²) in [4.78, 5) is 8.20. The van der Waals surface area contributed by atoms with Crippen molar-refractivity contribution < 1.29 is 4.74 Å². The number of nitrogens with zero attached hydrogens (tertiary/aromatic N) is 2. The lowest BCUT2D eigenvalue weighted by molar-refractivity contribution is 0.397. The van der Waals surface area contributed by atoms with Crippen LogP contribution in [0, 0.1) is 0 Å². The van der Waals surface area contributed by atoms with Gasteiger partial charge in [0.15, 0.2) is 0 Å². The predicted octanol–water partition coefficient (Wildman–Crippen LogP) is 2.30. The maximum Gasteiger partial charge on any atom is 0.216 e. The Kier molecular flexibility index (Phi) is 3.23. The van der Waals surface area contributed by atoms with Crippen LogP contribution < -0.4 is 10.5 Å². The van der Waals surface area contributed by atoms with Gasteiger partial charge in [-0.05, 0) is 24.1 Å². The highest BCUT2D eigenvalue weighted by Crippen LogP contribution is 2.26. The van der Waals surface area contributed by atoms with E-state index < -0.39 is 0 Å². The van der Waals surface area contributed by atoms with E-state index in [1.807, 2.05) is 12.1 Å². The zero-order valence-corrected chi connectivity index (χ0v) is 9.97. The van der Waals surface area contributed by atoms with E-state index in [-0.39, 0.29) is 0 Å². The molecule has 0 bridgehead atoms. The number of anilines is 1. The molecule has 0 aliphatic heterocycles. The fraction of sp³-hybridized carbons (Fsp3) is 0.231. The lowest BCUT2D eigenvalue weighted by Gasteiger charge is -2.08. The molecule has 1 aromatic heterocycles. The average molecular weight is 229 g/mol. The van der Waals surface area contributed by atoms with Gasteiger partial charge in [0.2, 0.25) is 5.88 Å². The molecule has 2 aromatic rings.